The minimum atomic E-state index is -2.37. The second kappa shape index (κ2) is 7.52. The molecule has 1 aliphatic heterocycles. The van der Waals surface area contributed by atoms with Crippen molar-refractivity contribution >= 4 is 23.1 Å². The lowest BCUT2D eigenvalue weighted by molar-refractivity contribution is -0.174. The normalized spacial score (nSPS) is 17.0. The lowest BCUT2D eigenvalue weighted by atomic mass is 9.84. The van der Waals surface area contributed by atoms with Crippen molar-refractivity contribution in [1.82, 2.24) is 9.62 Å². The van der Waals surface area contributed by atoms with Crippen LogP contribution < -0.4 is 10.5 Å². The minimum absolute atomic E-state index is 0.0514. The standard InChI is InChI=1S/C14H17F2N3O5S/c1-8(20)19-6-14(7-19,24-5-13(17)21)10-3-11(15)9(2-12(10)16)4-18-25(22)23/h2-3,18H,4-7H2,1H3,(H2,17,21)(H,22,23). The zero-order valence-corrected chi connectivity index (χ0v) is 14.1. The Hall–Kier alpha value is -1.95. The van der Waals surface area contributed by atoms with Crippen molar-refractivity contribution in [3.63, 3.8) is 0 Å². The molecule has 1 aromatic carbocycles. The van der Waals surface area contributed by atoms with E-state index in [1.807, 2.05) is 0 Å². The molecule has 8 nitrogen and oxygen atoms in total. The van der Waals surface area contributed by atoms with Gasteiger partial charge >= 0.3 is 0 Å². The highest BCUT2D eigenvalue weighted by Gasteiger charge is 2.49. The molecule has 0 saturated carbocycles. The van der Waals surface area contributed by atoms with Crippen LogP contribution in [0.5, 0.6) is 0 Å². The molecular formula is C14H17F2N3O5S. The van der Waals surface area contributed by atoms with E-state index in [0.717, 1.165) is 12.1 Å². The van der Waals surface area contributed by atoms with Crippen LogP contribution in [0.1, 0.15) is 18.1 Å². The van der Waals surface area contributed by atoms with E-state index in [1.165, 1.54) is 11.8 Å². The summed E-state index contributed by atoms with van der Waals surface area (Å²) >= 11 is -2.37. The van der Waals surface area contributed by atoms with E-state index < -0.39 is 41.0 Å². The largest absolute Gasteiger partial charge is 0.368 e. The number of halogens is 2. The first kappa shape index (κ1) is 19.4. The number of rotatable bonds is 7. The maximum absolute atomic E-state index is 14.5. The summed E-state index contributed by atoms with van der Waals surface area (Å²) in [6, 6.07) is 1.77. The number of primary amides is 1. The average Bonchev–Trinajstić information content (AvgIpc) is 2.46. The third kappa shape index (κ3) is 4.37. The van der Waals surface area contributed by atoms with E-state index in [1.54, 1.807) is 0 Å². The van der Waals surface area contributed by atoms with Gasteiger partial charge in [0.05, 0.1) is 13.1 Å². The smallest absolute Gasteiger partial charge is 0.243 e. The first-order valence-electron chi connectivity index (χ1n) is 7.15. The number of amides is 2. The van der Waals surface area contributed by atoms with Gasteiger partial charge in [0.25, 0.3) is 0 Å². The second-order valence-corrected chi connectivity index (χ2v) is 6.41. The number of ether oxygens (including phenoxy) is 1. The molecule has 0 radical (unpaired) electrons. The van der Waals surface area contributed by atoms with Gasteiger partial charge in [0.1, 0.15) is 23.8 Å². The van der Waals surface area contributed by atoms with E-state index in [2.05, 4.69) is 4.72 Å². The SMILES string of the molecule is CC(=O)N1CC(OCC(N)=O)(c2cc(F)c(CNS(=O)O)cc2F)C1. The number of likely N-dealkylation sites (tertiary alicyclic amines) is 1. The number of nitrogens with two attached hydrogens (primary N) is 1. The summed E-state index contributed by atoms with van der Waals surface area (Å²) in [5.74, 6) is -2.70. The van der Waals surface area contributed by atoms with Gasteiger partial charge in [-0.2, -0.15) is 0 Å². The third-order valence-electron chi connectivity index (χ3n) is 3.84. The molecule has 0 bridgehead atoms. The lowest BCUT2D eigenvalue weighted by Crippen LogP contribution is -2.63. The number of benzene rings is 1. The Kier molecular flexibility index (Phi) is 5.83. The molecule has 1 unspecified atom stereocenters. The molecule has 1 aliphatic rings. The molecule has 25 heavy (non-hydrogen) atoms. The van der Waals surface area contributed by atoms with Gasteiger partial charge in [0, 0.05) is 24.6 Å². The van der Waals surface area contributed by atoms with Crippen molar-refractivity contribution in [2.24, 2.45) is 5.73 Å². The third-order valence-corrected chi connectivity index (χ3v) is 4.23. The zero-order chi connectivity index (χ0) is 18.8. The Bertz CT molecular complexity index is 719. The molecule has 1 heterocycles. The second-order valence-electron chi connectivity index (χ2n) is 5.62. The van der Waals surface area contributed by atoms with Gasteiger partial charge in [-0.15, -0.1) is 0 Å². The highest BCUT2D eigenvalue weighted by Crippen LogP contribution is 2.38. The molecule has 1 saturated heterocycles. The molecule has 4 N–H and O–H groups in total. The number of carbonyl (C=O) groups excluding carboxylic acids is 2. The maximum Gasteiger partial charge on any atom is 0.243 e. The van der Waals surface area contributed by atoms with Crippen LogP contribution >= 0.6 is 0 Å². The zero-order valence-electron chi connectivity index (χ0n) is 13.3. The topological polar surface area (TPSA) is 122 Å². The van der Waals surface area contributed by atoms with Gasteiger partial charge in [-0.3, -0.25) is 14.1 Å². The number of hydrogen-bond donors (Lipinski definition) is 3. The maximum atomic E-state index is 14.5. The van der Waals surface area contributed by atoms with Crippen LogP contribution in [-0.4, -0.2) is 45.2 Å². The molecule has 138 valence electrons. The molecule has 0 spiro atoms. The molecule has 11 heteroatoms. The van der Waals surface area contributed by atoms with Crippen molar-refractivity contribution in [2.75, 3.05) is 19.7 Å². The Morgan fingerprint density at radius 1 is 1.40 bits per heavy atom. The molecule has 0 aliphatic carbocycles. The molecule has 1 aromatic rings. The fourth-order valence-corrected chi connectivity index (χ4v) is 2.83. The molecule has 2 rings (SSSR count). The monoisotopic (exact) mass is 377 g/mol. The Balaban J connectivity index is 2.31. The molecule has 2 amide bonds. The highest BCUT2D eigenvalue weighted by atomic mass is 32.2. The lowest BCUT2D eigenvalue weighted by Gasteiger charge is -2.49. The van der Waals surface area contributed by atoms with E-state index >= 15 is 0 Å². The first-order chi connectivity index (χ1) is 11.6. The summed E-state index contributed by atoms with van der Waals surface area (Å²) in [6.45, 7) is 0.341. The summed E-state index contributed by atoms with van der Waals surface area (Å²) in [6.07, 6.45) is 0. The fraction of sp³-hybridized carbons (Fsp3) is 0.429. The van der Waals surface area contributed by atoms with Crippen LogP contribution in [0.25, 0.3) is 0 Å². The average molecular weight is 377 g/mol. The quantitative estimate of drug-likeness (QED) is 0.566. The molecule has 0 aromatic heterocycles. The van der Waals surface area contributed by atoms with Crippen molar-refractivity contribution in [3.05, 3.63) is 34.9 Å². The van der Waals surface area contributed by atoms with Crippen LogP contribution in [0, 0.1) is 11.6 Å². The fourth-order valence-electron chi connectivity index (χ4n) is 2.55. The van der Waals surface area contributed by atoms with E-state index in [9.17, 15) is 22.6 Å². The van der Waals surface area contributed by atoms with Gasteiger partial charge in [-0.1, -0.05) is 0 Å². The Morgan fingerprint density at radius 3 is 2.56 bits per heavy atom. The molecule has 1 atom stereocenters. The molecule has 1 fully saturated rings. The Labute approximate surface area is 144 Å². The summed E-state index contributed by atoms with van der Waals surface area (Å²) in [7, 11) is 0. The summed E-state index contributed by atoms with van der Waals surface area (Å²) in [5, 5.41) is 0. The van der Waals surface area contributed by atoms with Gasteiger partial charge in [-0.25, -0.2) is 17.7 Å². The van der Waals surface area contributed by atoms with Crippen LogP contribution in [0.15, 0.2) is 12.1 Å². The first-order valence-corrected chi connectivity index (χ1v) is 8.26. The summed E-state index contributed by atoms with van der Waals surface area (Å²) in [5.41, 5.74) is 3.35. The summed E-state index contributed by atoms with van der Waals surface area (Å²) in [4.78, 5) is 23.7. The van der Waals surface area contributed by atoms with Gasteiger partial charge < -0.3 is 15.4 Å². The van der Waals surface area contributed by atoms with Crippen molar-refractivity contribution in [2.45, 2.75) is 19.1 Å². The van der Waals surface area contributed by atoms with Gasteiger partial charge in [0.15, 0.2) is 0 Å². The number of hydrogen-bond acceptors (Lipinski definition) is 4. The van der Waals surface area contributed by atoms with E-state index in [-0.39, 0.29) is 36.7 Å². The van der Waals surface area contributed by atoms with Crippen LogP contribution in [-0.2, 0) is 37.7 Å². The molecular weight excluding hydrogens is 360 g/mol. The minimum Gasteiger partial charge on any atom is -0.368 e. The Morgan fingerprint density at radius 2 is 2.04 bits per heavy atom. The predicted molar refractivity (Wildman–Crippen MR) is 83.0 cm³/mol. The van der Waals surface area contributed by atoms with E-state index in [0.29, 0.717) is 0 Å². The van der Waals surface area contributed by atoms with Crippen LogP contribution in [0.2, 0.25) is 0 Å². The highest BCUT2D eigenvalue weighted by molar-refractivity contribution is 7.77. The van der Waals surface area contributed by atoms with Gasteiger partial charge in [-0.05, 0) is 12.1 Å². The number of nitrogens with one attached hydrogen (secondary N) is 1. The van der Waals surface area contributed by atoms with Crippen molar-refractivity contribution < 1.29 is 31.9 Å². The number of nitrogens with zero attached hydrogens (tertiary/aromatic N) is 1. The van der Waals surface area contributed by atoms with Crippen LogP contribution in [0.4, 0.5) is 8.78 Å². The van der Waals surface area contributed by atoms with E-state index in [4.69, 9.17) is 15.0 Å². The van der Waals surface area contributed by atoms with Crippen LogP contribution in [0.3, 0.4) is 0 Å². The number of carbonyl (C=O) groups is 2. The summed E-state index contributed by atoms with van der Waals surface area (Å²) < 4.78 is 55.4. The predicted octanol–water partition coefficient (Wildman–Crippen LogP) is -0.250. The van der Waals surface area contributed by atoms with Crippen molar-refractivity contribution in [1.29, 1.82) is 0 Å². The van der Waals surface area contributed by atoms with Gasteiger partial charge in [0.2, 0.25) is 23.1 Å². The van der Waals surface area contributed by atoms with Crippen molar-refractivity contribution in [3.8, 4) is 0 Å².